The molecule has 0 aliphatic rings. The molecule has 3 rings (SSSR count). The normalized spacial score (nSPS) is 11.2. The third-order valence-electron chi connectivity index (χ3n) is 3.84. The number of nitrogens with one attached hydrogen (secondary N) is 1. The molecule has 0 aliphatic carbocycles. The van der Waals surface area contributed by atoms with Gasteiger partial charge in [-0.25, -0.2) is 5.43 Å². The van der Waals surface area contributed by atoms with E-state index in [1.165, 1.54) is 18.3 Å². The molecular weight excluding hydrogens is 410 g/mol. The number of carbonyl (C=O) groups is 1. The second-order valence-electron chi connectivity index (χ2n) is 5.92. The summed E-state index contributed by atoms with van der Waals surface area (Å²) in [5, 5.41) is 14.5. The van der Waals surface area contributed by atoms with Gasteiger partial charge in [-0.05, 0) is 54.1 Å². The fraction of sp³-hybridized carbons (Fsp3) is 0. The Balaban J connectivity index is 1.62. The Bertz CT molecular complexity index is 1180. The Morgan fingerprint density at radius 1 is 0.967 bits per heavy atom. The molecule has 0 bridgehead atoms. The van der Waals surface area contributed by atoms with E-state index in [9.17, 15) is 23.3 Å². The van der Waals surface area contributed by atoms with Crippen LogP contribution in [-0.2, 0) is 10.1 Å². The van der Waals surface area contributed by atoms with Crippen molar-refractivity contribution in [2.24, 2.45) is 5.10 Å². The quantitative estimate of drug-likeness (QED) is 0.268. The maximum Gasteiger partial charge on any atom is 0.339 e. The van der Waals surface area contributed by atoms with Crippen LogP contribution in [0.15, 0.2) is 88.9 Å². The molecule has 1 amide bonds. The SMILES string of the molecule is O=C(NN=Cc1ccc(OS(=O)(=O)c2ccc([N+](=O)[O-])cc2)cc1)c1ccccc1. The number of hydrogen-bond donors (Lipinski definition) is 1. The number of nitro benzene ring substituents is 1. The average Bonchev–Trinajstić information content (AvgIpc) is 2.75. The highest BCUT2D eigenvalue weighted by Crippen LogP contribution is 2.21. The minimum absolute atomic E-state index is 0.0545. The van der Waals surface area contributed by atoms with Gasteiger partial charge in [0.1, 0.15) is 10.6 Å². The Morgan fingerprint density at radius 3 is 2.20 bits per heavy atom. The number of rotatable bonds is 7. The Kier molecular flexibility index (Phi) is 6.18. The zero-order chi connectivity index (χ0) is 21.6. The van der Waals surface area contributed by atoms with Crippen LogP contribution in [0.3, 0.4) is 0 Å². The predicted molar refractivity (Wildman–Crippen MR) is 109 cm³/mol. The van der Waals surface area contributed by atoms with E-state index in [0.29, 0.717) is 11.1 Å². The molecular formula is C20H15N3O6S. The van der Waals surface area contributed by atoms with Crippen LogP contribution in [0.2, 0.25) is 0 Å². The van der Waals surface area contributed by atoms with E-state index >= 15 is 0 Å². The molecule has 9 nitrogen and oxygen atoms in total. The Labute approximate surface area is 171 Å². The van der Waals surface area contributed by atoms with Crippen LogP contribution in [0, 0.1) is 10.1 Å². The summed E-state index contributed by atoms with van der Waals surface area (Å²) in [6.07, 6.45) is 1.40. The third-order valence-corrected chi connectivity index (χ3v) is 5.10. The van der Waals surface area contributed by atoms with Crippen LogP contribution < -0.4 is 9.61 Å². The summed E-state index contributed by atoms with van der Waals surface area (Å²) < 4.78 is 29.6. The third kappa shape index (κ3) is 5.26. The first-order valence-corrected chi connectivity index (χ1v) is 9.93. The number of nitro groups is 1. The van der Waals surface area contributed by atoms with E-state index in [4.69, 9.17) is 4.18 Å². The van der Waals surface area contributed by atoms with Crippen molar-refractivity contribution in [3.8, 4) is 5.75 Å². The molecule has 0 saturated heterocycles. The summed E-state index contributed by atoms with van der Waals surface area (Å²) in [6.45, 7) is 0. The standard InChI is InChI=1S/C20H15N3O6S/c24-20(16-4-2-1-3-5-16)22-21-14-15-6-10-18(11-7-15)29-30(27,28)19-12-8-17(9-13-19)23(25)26/h1-14H,(H,22,24). The van der Waals surface area contributed by atoms with Crippen LogP contribution in [0.4, 0.5) is 5.69 Å². The molecule has 10 heteroatoms. The molecule has 3 aromatic rings. The summed E-state index contributed by atoms with van der Waals surface area (Å²) in [6, 6.07) is 18.9. The number of nitrogens with zero attached hydrogens (tertiary/aromatic N) is 2. The van der Waals surface area contributed by atoms with E-state index in [0.717, 1.165) is 24.3 Å². The van der Waals surface area contributed by atoms with Gasteiger partial charge in [0.05, 0.1) is 11.1 Å². The Hall–Kier alpha value is -4.05. The lowest BCUT2D eigenvalue weighted by atomic mass is 10.2. The van der Waals surface area contributed by atoms with Gasteiger partial charge in [-0.2, -0.15) is 13.5 Å². The molecule has 0 aliphatic heterocycles. The van der Waals surface area contributed by atoms with E-state index in [1.807, 2.05) is 0 Å². The summed E-state index contributed by atoms with van der Waals surface area (Å²) in [5.41, 5.74) is 3.23. The average molecular weight is 425 g/mol. The molecule has 0 radical (unpaired) electrons. The van der Waals surface area contributed by atoms with Gasteiger partial charge in [0.25, 0.3) is 11.6 Å². The smallest absolute Gasteiger partial charge is 0.339 e. The molecule has 0 heterocycles. The van der Waals surface area contributed by atoms with Crippen molar-refractivity contribution in [3.05, 3.63) is 100 Å². The molecule has 0 unspecified atom stereocenters. The first-order valence-electron chi connectivity index (χ1n) is 8.53. The first kappa shape index (κ1) is 20.7. The fourth-order valence-electron chi connectivity index (χ4n) is 2.34. The zero-order valence-corrected chi connectivity index (χ0v) is 16.2. The second-order valence-corrected chi connectivity index (χ2v) is 7.47. The summed E-state index contributed by atoms with van der Waals surface area (Å²) >= 11 is 0. The lowest BCUT2D eigenvalue weighted by molar-refractivity contribution is -0.384. The number of non-ortho nitro benzene ring substituents is 1. The van der Waals surface area contributed by atoms with Crippen molar-refractivity contribution in [3.63, 3.8) is 0 Å². The highest BCUT2D eigenvalue weighted by atomic mass is 32.2. The fourth-order valence-corrected chi connectivity index (χ4v) is 3.27. The molecule has 3 aromatic carbocycles. The van der Waals surface area contributed by atoms with Crippen molar-refractivity contribution in [1.29, 1.82) is 0 Å². The van der Waals surface area contributed by atoms with E-state index in [2.05, 4.69) is 10.5 Å². The lowest BCUT2D eigenvalue weighted by Crippen LogP contribution is -2.17. The van der Waals surface area contributed by atoms with Crippen LogP contribution in [0.1, 0.15) is 15.9 Å². The van der Waals surface area contributed by atoms with Crippen molar-refractivity contribution in [1.82, 2.24) is 5.43 Å². The number of amides is 1. The predicted octanol–water partition coefficient (Wildman–Crippen LogP) is 3.13. The van der Waals surface area contributed by atoms with Crippen LogP contribution >= 0.6 is 0 Å². The minimum Gasteiger partial charge on any atom is -0.379 e. The number of hydrazone groups is 1. The monoisotopic (exact) mass is 425 g/mol. The van der Waals surface area contributed by atoms with E-state index in [-0.39, 0.29) is 22.2 Å². The summed E-state index contributed by atoms with van der Waals surface area (Å²) in [5.74, 6) is -0.306. The Morgan fingerprint density at radius 2 is 1.60 bits per heavy atom. The molecule has 152 valence electrons. The van der Waals surface area contributed by atoms with Crippen LogP contribution in [0.5, 0.6) is 5.75 Å². The lowest BCUT2D eigenvalue weighted by Gasteiger charge is -2.07. The zero-order valence-electron chi connectivity index (χ0n) is 15.3. The van der Waals surface area contributed by atoms with Crippen molar-refractivity contribution < 1.29 is 22.3 Å². The topological polar surface area (TPSA) is 128 Å². The van der Waals surface area contributed by atoms with Gasteiger partial charge in [-0.1, -0.05) is 18.2 Å². The second kappa shape index (κ2) is 8.97. The maximum atomic E-state index is 12.3. The highest BCUT2D eigenvalue weighted by molar-refractivity contribution is 7.87. The summed E-state index contributed by atoms with van der Waals surface area (Å²) in [4.78, 5) is 21.7. The van der Waals surface area contributed by atoms with Crippen molar-refractivity contribution in [2.45, 2.75) is 4.90 Å². The number of carbonyl (C=O) groups excluding carboxylic acids is 1. The molecule has 0 aromatic heterocycles. The first-order chi connectivity index (χ1) is 14.3. The maximum absolute atomic E-state index is 12.3. The largest absolute Gasteiger partial charge is 0.379 e. The molecule has 0 atom stereocenters. The van der Waals surface area contributed by atoms with Crippen molar-refractivity contribution in [2.75, 3.05) is 0 Å². The molecule has 0 fully saturated rings. The number of hydrogen-bond acceptors (Lipinski definition) is 7. The van der Waals surface area contributed by atoms with Crippen LogP contribution in [-0.4, -0.2) is 25.5 Å². The molecule has 1 N–H and O–H groups in total. The molecule has 0 spiro atoms. The molecule has 0 saturated carbocycles. The van der Waals surface area contributed by atoms with Gasteiger partial charge in [-0.3, -0.25) is 14.9 Å². The summed E-state index contributed by atoms with van der Waals surface area (Å²) in [7, 11) is -4.14. The van der Waals surface area contributed by atoms with Gasteiger partial charge < -0.3 is 4.18 Å². The van der Waals surface area contributed by atoms with Gasteiger partial charge >= 0.3 is 10.1 Å². The minimum atomic E-state index is -4.14. The van der Waals surface area contributed by atoms with Gasteiger partial charge in [-0.15, -0.1) is 0 Å². The van der Waals surface area contributed by atoms with E-state index < -0.39 is 15.0 Å². The number of benzene rings is 3. The van der Waals surface area contributed by atoms with Crippen LogP contribution in [0.25, 0.3) is 0 Å². The van der Waals surface area contributed by atoms with Crippen molar-refractivity contribution >= 4 is 27.9 Å². The van der Waals surface area contributed by atoms with Gasteiger partial charge in [0, 0.05) is 17.7 Å². The van der Waals surface area contributed by atoms with E-state index in [1.54, 1.807) is 42.5 Å². The molecule has 30 heavy (non-hydrogen) atoms. The van der Waals surface area contributed by atoms with Gasteiger partial charge in [0.2, 0.25) is 0 Å². The highest BCUT2D eigenvalue weighted by Gasteiger charge is 2.18. The van der Waals surface area contributed by atoms with Gasteiger partial charge in [0.15, 0.2) is 0 Å².